The van der Waals surface area contributed by atoms with E-state index >= 15 is 0 Å². The fourth-order valence-electron chi connectivity index (χ4n) is 2.85. The van der Waals surface area contributed by atoms with E-state index < -0.39 is 5.97 Å². The van der Waals surface area contributed by atoms with Gasteiger partial charge in [-0.25, -0.2) is 9.78 Å². The van der Waals surface area contributed by atoms with Gasteiger partial charge >= 0.3 is 5.97 Å². The Morgan fingerprint density at radius 2 is 1.72 bits per heavy atom. The number of hydrogen-bond acceptors (Lipinski definition) is 5. The summed E-state index contributed by atoms with van der Waals surface area (Å²) in [7, 11) is 0. The van der Waals surface area contributed by atoms with Crippen LogP contribution in [-0.2, 0) is 13.2 Å². The molecular formula is C23H18N2O4. The molecule has 144 valence electrons. The molecule has 0 radical (unpaired) electrons. The zero-order valence-electron chi connectivity index (χ0n) is 15.5. The van der Waals surface area contributed by atoms with Crippen molar-refractivity contribution in [2.24, 2.45) is 0 Å². The molecule has 0 aliphatic carbocycles. The second kappa shape index (κ2) is 8.39. The summed E-state index contributed by atoms with van der Waals surface area (Å²) in [5.41, 5.74) is 2.77. The van der Waals surface area contributed by atoms with Gasteiger partial charge in [0.15, 0.2) is 0 Å². The van der Waals surface area contributed by atoms with Crippen molar-refractivity contribution < 1.29 is 19.4 Å². The molecule has 2 aromatic heterocycles. The molecule has 29 heavy (non-hydrogen) atoms. The summed E-state index contributed by atoms with van der Waals surface area (Å²) in [5.74, 6) is 0.0655. The topological polar surface area (TPSA) is 81.5 Å². The highest BCUT2D eigenvalue weighted by molar-refractivity contribution is 5.87. The first-order valence-corrected chi connectivity index (χ1v) is 9.05. The van der Waals surface area contributed by atoms with E-state index in [4.69, 9.17) is 14.6 Å². The van der Waals surface area contributed by atoms with Crippen LogP contribution in [-0.4, -0.2) is 21.0 Å². The molecule has 0 fully saturated rings. The number of ether oxygens (including phenoxy) is 2. The van der Waals surface area contributed by atoms with Gasteiger partial charge in [-0.1, -0.05) is 36.4 Å². The monoisotopic (exact) mass is 386 g/mol. The van der Waals surface area contributed by atoms with Crippen molar-refractivity contribution in [2.75, 3.05) is 0 Å². The minimum atomic E-state index is -1.04. The number of carbonyl (C=O) groups is 1. The van der Waals surface area contributed by atoms with Crippen LogP contribution in [0.15, 0.2) is 79.1 Å². The Balaban J connectivity index is 1.39. The van der Waals surface area contributed by atoms with E-state index in [2.05, 4.69) is 9.97 Å². The van der Waals surface area contributed by atoms with Gasteiger partial charge in [-0.3, -0.25) is 4.98 Å². The standard InChI is InChI=1S/C23H18N2O4/c26-23(27)18-11-21(13-24-12-18)28-14-16-4-3-6-20(10-16)29-15-19-9-8-17-5-1-2-7-22(17)25-19/h1-13H,14-15H2,(H,26,27). The van der Waals surface area contributed by atoms with Crippen LogP contribution < -0.4 is 9.47 Å². The number of carboxylic acid groups (broad SMARTS) is 1. The van der Waals surface area contributed by atoms with E-state index in [-0.39, 0.29) is 12.2 Å². The van der Waals surface area contributed by atoms with Gasteiger partial charge in [0.1, 0.15) is 24.7 Å². The fourth-order valence-corrected chi connectivity index (χ4v) is 2.85. The molecule has 0 saturated heterocycles. The number of carboxylic acids is 1. The first-order chi connectivity index (χ1) is 14.2. The Morgan fingerprint density at radius 3 is 2.62 bits per heavy atom. The number of aromatic nitrogens is 2. The lowest BCUT2D eigenvalue weighted by atomic mass is 10.2. The fraction of sp³-hybridized carbons (Fsp3) is 0.0870. The lowest BCUT2D eigenvalue weighted by Gasteiger charge is -2.10. The normalized spacial score (nSPS) is 10.6. The summed E-state index contributed by atoms with van der Waals surface area (Å²) in [4.78, 5) is 19.5. The van der Waals surface area contributed by atoms with Gasteiger partial charge < -0.3 is 14.6 Å². The largest absolute Gasteiger partial charge is 0.487 e. The summed E-state index contributed by atoms with van der Waals surface area (Å²) in [6, 6.07) is 20.9. The molecule has 0 bridgehead atoms. The predicted octanol–water partition coefficient (Wildman–Crippen LogP) is 4.49. The van der Waals surface area contributed by atoms with Crippen LogP contribution >= 0.6 is 0 Å². The molecule has 2 heterocycles. The average molecular weight is 386 g/mol. The van der Waals surface area contributed by atoms with Crippen LogP contribution in [0.3, 0.4) is 0 Å². The molecule has 0 amide bonds. The summed E-state index contributed by atoms with van der Waals surface area (Å²) in [6.07, 6.45) is 2.77. The molecule has 1 N–H and O–H groups in total. The van der Waals surface area contributed by atoms with Crippen molar-refractivity contribution >= 4 is 16.9 Å². The van der Waals surface area contributed by atoms with Gasteiger partial charge in [0.05, 0.1) is 23.0 Å². The molecule has 2 aromatic carbocycles. The average Bonchev–Trinajstić information content (AvgIpc) is 2.76. The Kier molecular flexibility index (Phi) is 5.33. The van der Waals surface area contributed by atoms with Crippen molar-refractivity contribution in [3.8, 4) is 11.5 Å². The maximum atomic E-state index is 11.0. The highest BCUT2D eigenvalue weighted by atomic mass is 16.5. The Bertz CT molecular complexity index is 1160. The molecule has 0 aliphatic heterocycles. The molecule has 0 saturated carbocycles. The Morgan fingerprint density at radius 1 is 0.862 bits per heavy atom. The van der Waals surface area contributed by atoms with Crippen LogP contribution in [0.5, 0.6) is 11.5 Å². The third-order valence-electron chi connectivity index (χ3n) is 4.31. The third kappa shape index (κ3) is 4.68. The first kappa shape index (κ1) is 18.4. The highest BCUT2D eigenvalue weighted by Crippen LogP contribution is 2.19. The second-order valence-corrected chi connectivity index (χ2v) is 6.43. The zero-order chi connectivity index (χ0) is 20.1. The van der Waals surface area contributed by atoms with Crippen LogP contribution in [0.1, 0.15) is 21.6 Å². The molecule has 0 atom stereocenters. The van der Waals surface area contributed by atoms with Crippen LogP contribution in [0.2, 0.25) is 0 Å². The number of hydrogen-bond donors (Lipinski definition) is 1. The van der Waals surface area contributed by atoms with E-state index in [9.17, 15) is 4.79 Å². The number of aromatic carboxylic acids is 1. The van der Waals surface area contributed by atoms with Gasteiger partial charge in [0.2, 0.25) is 0 Å². The van der Waals surface area contributed by atoms with Crippen molar-refractivity contribution in [2.45, 2.75) is 13.2 Å². The number of benzene rings is 2. The minimum absolute atomic E-state index is 0.0856. The summed E-state index contributed by atoms with van der Waals surface area (Å²) in [6.45, 7) is 0.635. The van der Waals surface area contributed by atoms with Gasteiger partial charge in [0, 0.05) is 11.6 Å². The Hall–Kier alpha value is -3.93. The first-order valence-electron chi connectivity index (χ1n) is 9.05. The molecule has 6 nitrogen and oxygen atoms in total. The smallest absolute Gasteiger partial charge is 0.337 e. The van der Waals surface area contributed by atoms with Crippen molar-refractivity contribution in [3.63, 3.8) is 0 Å². The van der Waals surface area contributed by atoms with Crippen LogP contribution in [0, 0.1) is 0 Å². The van der Waals surface area contributed by atoms with Crippen molar-refractivity contribution in [1.82, 2.24) is 9.97 Å². The third-order valence-corrected chi connectivity index (χ3v) is 4.31. The maximum Gasteiger partial charge on any atom is 0.337 e. The van der Waals surface area contributed by atoms with E-state index in [0.29, 0.717) is 18.1 Å². The minimum Gasteiger partial charge on any atom is -0.487 e. The van der Waals surface area contributed by atoms with Crippen LogP contribution in [0.4, 0.5) is 0 Å². The number of fused-ring (bicyclic) bond motifs is 1. The predicted molar refractivity (Wildman–Crippen MR) is 108 cm³/mol. The molecule has 0 unspecified atom stereocenters. The van der Waals surface area contributed by atoms with Gasteiger partial charge in [-0.15, -0.1) is 0 Å². The van der Waals surface area contributed by atoms with Gasteiger partial charge in [-0.2, -0.15) is 0 Å². The van der Waals surface area contributed by atoms with Crippen molar-refractivity contribution in [1.29, 1.82) is 0 Å². The number of rotatable bonds is 7. The lowest BCUT2D eigenvalue weighted by molar-refractivity contribution is 0.0696. The SMILES string of the molecule is O=C(O)c1cncc(OCc2cccc(OCc3ccc4ccccc4n3)c2)c1. The van der Waals surface area contributed by atoms with E-state index in [0.717, 1.165) is 22.2 Å². The van der Waals surface area contributed by atoms with E-state index in [1.54, 1.807) is 0 Å². The summed E-state index contributed by atoms with van der Waals surface area (Å²) >= 11 is 0. The Labute approximate surface area is 167 Å². The van der Waals surface area contributed by atoms with E-state index in [1.165, 1.54) is 18.5 Å². The number of pyridine rings is 2. The molecule has 6 heteroatoms. The second-order valence-electron chi connectivity index (χ2n) is 6.43. The lowest BCUT2D eigenvalue weighted by Crippen LogP contribution is -2.01. The van der Waals surface area contributed by atoms with Gasteiger partial charge in [-0.05, 0) is 35.9 Å². The number of nitrogens with zero attached hydrogens (tertiary/aromatic N) is 2. The zero-order valence-corrected chi connectivity index (χ0v) is 15.5. The summed E-state index contributed by atoms with van der Waals surface area (Å²) < 4.78 is 11.5. The molecule has 0 spiro atoms. The molecular weight excluding hydrogens is 368 g/mol. The molecule has 4 rings (SSSR count). The van der Waals surface area contributed by atoms with Crippen molar-refractivity contribution in [3.05, 3.63) is 95.9 Å². The molecule has 4 aromatic rings. The highest BCUT2D eigenvalue weighted by Gasteiger charge is 2.06. The maximum absolute atomic E-state index is 11.0. The molecule has 0 aliphatic rings. The summed E-state index contributed by atoms with van der Waals surface area (Å²) in [5, 5.41) is 10.1. The van der Waals surface area contributed by atoms with E-state index in [1.807, 2.05) is 60.7 Å². The quantitative estimate of drug-likeness (QED) is 0.504. The van der Waals surface area contributed by atoms with Crippen LogP contribution in [0.25, 0.3) is 10.9 Å². The number of para-hydroxylation sites is 1. The van der Waals surface area contributed by atoms with Gasteiger partial charge in [0.25, 0.3) is 0 Å².